The predicted molar refractivity (Wildman–Crippen MR) is 73.4 cm³/mol. The van der Waals surface area contributed by atoms with Gasteiger partial charge in [-0.15, -0.1) is 0 Å². The maximum atomic E-state index is 11.7. The zero-order valence-electron chi connectivity index (χ0n) is 10.9. The van der Waals surface area contributed by atoms with Gasteiger partial charge in [-0.05, 0) is 38.0 Å². The number of alkyl halides is 1. The van der Waals surface area contributed by atoms with Crippen LogP contribution in [0.2, 0.25) is 0 Å². The highest BCUT2D eigenvalue weighted by Gasteiger charge is 2.38. The lowest BCUT2D eigenvalue weighted by molar-refractivity contribution is -0.134. The van der Waals surface area contributed by atoms with Crippen molar-refractivity contribution in [2.75, 3.05) is 19.0 Å². The van der Waals surface area contributed by atoms with Gasteiger partial charge in [-0.1, -0.05) is 22.9 Å². The Hall–Kier alpha value is -0.0900. The van der Waals surface area contributed by atoms with E-state index < -0.39 is 0 Å². The van der Waals surface area contributed by atoms with E-state index in [1.165, 1.54) is 6.42 Å². The Morgan fingerprint density at radius 2 is 2.24 bits per heavy atom. The highest BCUT2D eigenvalue weighted by atomic mass is 79.9. The molecule has 0 aromatic heterocycles. The maximum absolute atomic E-state index is 11.7. The van der Waals surface area contributed by atoms with Crippen molar-refractivity contribution in [3.63, 3.8) is 0 Å². The van der Waals surface area contributed by atoms with Crippen molar-refractivity contribution in [2.45, 2.75) is 51.0 Å². The molecule has 0 aromatic rings. The molecule has 1 fully saturated rings. The van der Waals surface area contributed by atoms with Crippen molar-refractivity contribution in [3.8, 4) is 0 Å². The molecule has 0 saturated heterocycles. The highest BCUT2D eigenvalue weighted by molar-refractivity contribution is 9.09. The average molecular weight is 306 g/mol. The molecule has 1 amide bonds. The van der Waals surface area contributed by atoms with Crippen LogP contribution in [-0.2, 0) is 9.53 Å². The third-order valence-electron chi connectivity index (χ3n) is 3.64. The van der Waals surface area contributed by atoms with E-state index in [4.69, 9.17) is 4.74 Å². The summed E-state index contributed by atoms with van der Waals surface area (Å²) < 4.78 is 5.44. The van der Waals surface area contributed by atoms with Gasteiger partial charge in [0.15, 0.2) is 0 Å². The molecule has 0 aliphatic heterocycles. The molecule has 0 bridgehead atoms. The fourth-order valence-electron chi connectivity index (χ4n) is 2.13. The van der Waals surface area contributed by atoms with Gasteiger partial charge in [0.2, 0.25) is 5.91 Å². The van der Waals surface area contributed by atoms with Crippen molar-refractivity contribution in [3.05, 3.63) is 0 Å². The van der Waals surface area contributed by atoms with E-state index in [-0.39, 0.29) is 11.5 Å². The van der Waals surface area contributed by atoms with Crippen LogP contribution in [0, 0.1) is 5.92 Å². The molecule has 3 nitrogen and oxygen atoms in total. The molecule has 1 unspecified atom stereocenters. The lowest BCUT2D eigenvalue weighted by Crippen LogP contribution is -2.44. The molecule has 1 aliphatic carbocycles. The van der Waals surface area contributed by atoms with Crippen LogP contribution >= 0.6 is 15.9 Å². The number of methoxy groups -OCH3 is 1. The lowest BCUT2D eigenvalue weighted by atomic mass is 9.77. The van der Waals surface area contributed by atoms with Crippen molar-refractivity contribution >= 4 is 21.8 Å². The first-order valence-corrected chi connectivity index (χ1v) is 7.62. The van der Waals surface area contributed by atoms with Crippen molar-refractivity contribution in [1.82, 2.24) is 5.32 Å². The number of hydrogen-bond donors (Lipinski definition) is 1. The summed E-state index contributed by atoms with van der Waals surface area (Å²) in [6, 6.07) is 0. The van der Waals surface area contributed by atoms with Gasteiger partial charge in [-0.25, -0.2) is 0 Å². The minimum Gasteiger partial charge on any atom is -0.378 e. The Labute approximate surface area is 113 Å². The largest absolute Gasteiger partial charge is 0.378 e. The van der Waals surface area contributed by atoms with Crippen LogP contribution in [0.25, 0.3) is 0 Å². The second kappa shape index (κ2) is 7.37. The monoisotopic (exact) mass is 305 g/mol. The van der Waals surface area contributed by atoms with E-state index in [1.54, 1.807) is 7.11 Å². The van der Waals surface area contributed by atoms with Gasteiger partial charge in [-0.3, -0.25) is 4.79 Å². The van der Waals surface area contributed by atoms with Crippen molar-refractivity contribution in [1.29, 1.82) is 0 Å². The molecule has 0 spiro atoms. The molecule has 100 valence electrons. The summed E-state index contributed by atoms with van der Waals surface area (Å²) in [6.07, 6.45) is 5.97. The Kier molecular flexibility index (Phi) is 6.49. The van der Waals surface area contributed by atoms with Crippen molar-refractivity contribution in [2.24, 2.45) is 5.92 Å². The van der Waals surface area contributed by atoms with E-state index in [2.05, 4.69) is 28.2 Å². The topological polar surface area (TPSA) is 38.3 Å². The minimum atomic E-state index is -0.146. The minimum absolute atomic E-state index is 0.137. The molecule has 0 aromatic carbocycles. The first-order valence-electron chi connectivity index (χ1n) is 6.50. The van der Waals surface area contributed by atoms with E-state index in [1.807, 2.05) is 0 Å². The zero-order valence-corrected chi connectivity index (χ0v) is 12.5. The predicted octanol–water partition coefficient (Wildman–Crippen LogP) is 2.87. The normalized spacial score (nSPS) is 19.5. The average Bonchev–Trinajstić information content (AvgIpc) is 2.29. The van der Waals surface area contributed by atoms with Gasteiger partial charge in [0.25, 0.3) is 0 Å². The number of amides is 1. The van der Waals surface area contributed by atoms with Crippen molar-refractivity contribution < 1.29 is 9.53 Å². The van der Waals surface area contributed by atoms with Gasteiger partial charge >= 0.3 is 0 Å². The number of halogens is 1. The second-order valence-electron chi connectivity index (χ2n) is 5.17. The standard InChI is InChI=1S/C13H24BrNO2/c1-11(10-14)5-3-8-15-12(16)9-13(17-2)6-4-7-13/h11H,3-10H2,1-2H3,(H,15,16). The Balaban J connectivity index is 2.09. The summed E-state index contributed by atoms with van der Waals surface area (Å²) in [5.41, 5.74) is -0.146. The molecule has 0 radical (unpaired) electrons. The first kappa shape index (κ1) is 15.0. The number of rotatable bonds is 8. The third kappa shape index (κ3) is 4.96. The van der Waals surface area contributed by atoms with Gasteiger partial charge in [0.05, 0.1) is 12.0 Å². The summed E-state index contributed by atoms with van der Waals surface area (Å²) in [6.45, 7) is 3.00. The van der Waals surface area contributed by atoms with E-state index >= 15 is 0 Å². The summed E-state index contributed by atoms with van der Waals surface area (Å²) in [5.74, 6) is 0.821. The van der Waals surface area contributed by atoms with E-state index in [0.29, 0.717) is 12.3 Å². The number of ether oxygens (including phenoxy) is 1. The molecule has 0 heterocycles. The molecular formula is C13H24BrNO2. The summed E-state index contributed by atoms with van der Waals surface area (Å²) in [4.78, 5) is 11.7. The molecular weight excluding hydrogens is 282 g/mol. The molecule has 1 aliphatic rings. The Morgan fingerprint density at radius 1 is 1.53 bits per heavy atom. The molecule has 1 rings (SSSR count). The smallest absolute Gasteiger partial charge is 0.222 e. The van der Waals surface area contributed by atoms with Gasteiger partial charge in [0.1, 0.15) is 0 Å². The fourth-order valence-corrected chi connectivity index (χ4v) is 2.46. The van der Waals surface area contributed by atoms with Crippen LogP contribution in [0.4, 0.5) is 0 Å². The highest BCUT2D eigenvalue weighted by Crippen LogP contribution is 2.37. The van der Waals surface area contributed by atoms with Gasteiger partial charge < -0.3 is 10.1 Å². The Morgan fingerprint density at radius 3 is 2.71 bits per heavy atom. The number of nitrogens with one attached hydrogen (secondary N) is 1. The summed E-state index contributed by atoms with van der Waals surface area (Å²) in [7, 11) is 1.71. The zero-order chi connectivity index (χ0) is 12.7. The summed E-state index contributed by atoms with van der Waals surface area (Å²) >= 11 is 3.46. The fraction of sp³-hybridized carbons (Fsp3) is 0.923. The van der Waals surface area contributed by atoms with Crippen LogP contribution in [0.3, 0.4) is 0 Å². The number of carbonyl (C=O) groups is 1. The van der Waals surface area contributed by atoms with Gasteiger partial charge in [-0.2, -0.15) is 0 Å². The van der Waals surface area contributed by atoms with Crippen LogP contribution in [0.15, 0.2) is 0 Å². The SMILES string of the molecule is COC1(CC(=O)NCCCC(C)CBr)CCC1. The summed E-state index contributed by atoms with van der Waals surface area (Å²) in [5, 5.41) is 4.02. The van der Waals surface area contributed by atoms with Crippen LogP contribution in [0.1, 0.15) is 45.4 Å². The third-order valence-corrected chi connectivity index (χ3v) is 4.75. The molecule has 1 atom stereocenters. The maximum Gasteiger partial charge on any atom is 0.222 e. The lowest BCUT2D eigenvalue weighted by Gasteiger charge is -2.39. The van der Waals surface area contributed by atoms with E-state index in [9.17, 15) is 4.79 Å². The van der Waals surface area contributed by atoms with E-state index in [0.717, 1.165) is 37.6 Å². The Bertz CT molecular complexity index is 236. The molecule has 1 saturated carbocycles. The van der Waals surface area contributed by atoms with Gasteiger partial charge in [0, 0.05) is 19.0 Å². The quantitative estimate of drug-likeness (QED) is 0.553. The van der Waals surface area contributed by atoms with Crippen LogP contribution < -0.4 is 5.32 Å². The molecule has 17 heavy (non-hydrogen) atoms. The molecule has 4 heteroatoms. The second-order valence-corrected chi connectivity index (χ2v) is 5.82. The van der Waals surface area contributed by atoms with Crippen LogP contribution in [0.5, 0.6) is 0 Å². The van der Waals surface area contributed by atoms with Crippen LogP contribution in [-0.4, -0.2) is 30.5 Å². The number of hydrogen-bond acceptors (Lipinski definition) is 2. The molecule has 1 N–H and O–H groups in total. The number of carbonyl (C=O) groups excluding carboxylic acids is 1. The first-order chi connectivity index (χ1) is 8.12.